The van der Waals surface area contributed by atoms with Gasteiger partial charge in [-0.15, -0.1) is 0 Å². The Labute approximate surface area is 169 Å². The van der Waals surface area contributed by atoms with Crippen molar-refractivity contribution in [3.05, 3.63) is 42.5 Å². The summed E-state index contributed by atoms with van der Waals surface area (Å²) in [6.07, 6.45) is -0.795. The Morgan fingerprint density at radius 1 is 1.07 bits per heavy atom. The zero-order valence-corrected chi connectivity index (χ0v) is 17.4. The van der Waals surface area contributed by atoms with Gasteiger partial charge in [0.25, 0.3) is 10.0 Å². The predicted octanol–water partition coefficient (Wildman–Crippen LogP) is 2.86. The molecule has 1 amide bonds. The van der Waals surface area contributed by atoms with Gasteiger partial charge in [-0.1, -0.05) is 6.07 Å². The van der Waals surface area contributed by atoms with E-state index in [4.69, 9.17) is 20.1 Å². The van der Waals surface area contributed by atoms with Crippen LogP contribution in [0.2, 0.25) is 0 Å². The molecule has 1 heterocycles. The van der Waals surface area contributed by atoms with Crippen LogP contribution in [-0.2, 0) is 14.8 Å². The highest BCUT2D eigenvalue weighted by Crippen LogP contribution is 2.36. The Morgan fingerprint density at radius 3 is 2.45 bits per heavy atom. The lowest BCUT2D eigenvalue weighted by molar-refractivity contribution is 0.0580. The van der Waals surface area contributed by atoms with Crippen molar-refractivity contribution in [2.24, 2.45) is 5.84 Å². The lowest BCUT2D eigenvalue weighted by Crippen LogP contribution is -2.41. The molecule has 9 nitrogen and oxygen atoms in total. The highest BCUT2D eigenvalue weighted by Gasteiger charge is 2.26. The number of carbonyl (C=O) groups excluding carboxylic acids is 1. The first-order valence-electron chi connectivity index (χ1n) is 8.75. The van der Waals surface area contributed by atoms with Gasteiger partial charge >= 0.3 is 6.09 Å². The minimum absolute atomic E-state index is 0.0332. The van der Waals surface area contributed by atoms with Crippen LogP contribution in [0.3, 0.4) is 0 Å². The fourth-order valence-electron chi connectivity index (χ4n) is 2.59. The van der Waals surface area contributed by atoms with E-state index in [1.807, 2.05) is 0 Å². The van der Waals surface area contributed by atoms with E-state index in [1.54, 1.807) is 39.0 Å². The van der Waals surface area contributed by atoms with E-state index >= 15 is 0 Å². The summed E-state index contributed by atoms with van der Waals surface area (Å²) in [6.45, 7) is 5.22. The zero-order chi connectivity index (χ0) is 21.4. The molecular formula is C19H23N3O6S. The molecule has 0 saturated carbocycles. The molecule has 1 aliphatic rings. The second kappa shape index (κ2) is 7.45. The Balaban J connectivity index is 1.87. The van der Waals surface area contributed by atoms with Crippen molar-refractivity contribution < 1.29 is 27.4 Å². The minimum atomic E-state index is -3.92. The minimum Gasteiger partial charge on any atom is -0.454 e. The number of nitrogens with two attached hydrogens (primary N) is 1. The molecule has 2 aromatic rings. The number of rotatable bonds is 4. The third-order valence-corrected chi connectivity index (χ3v) is 5.85. The first kappa shape index (κ1) is 20.7. The van der Waals surface area contributed by atoms with Gasteiger partial charge in [-0.2, -0.15) is 0 Å². The summed E-state index contributed by atoms with van der Waals surface area (Å²) in [5.74, 6) is 6.85. The Kier molecular flexibility index (Phi) is 5.33. The molecule has 3 rings (SSSR count). The van der Waals surface area contributed by atoms with Gasteiger partial charge in [0.15, 0.2) is 11.5 Å². The lowest BCUT2D eigenvalue weighted by Gasteiger charge is -2.25. The van der Waals surface area contributed by atoms with E-state index in [9.17, 15) is 13.2 Å². The first-order valence-corrected chi connectivity index (χ1v) is 10.2. The van der Waals surface area contributed by atoms with Gasteiger partial charge in [-0.25, -0.2) is 24.1 Å². The number of fused-ring (bicyclic) bond motifs is 1. The molecule has 156 valence electrons. The van der Waals surface area contributed by atoms with Crippen molar-refractivity contribution in [2.75, 3.05) is 23.2 Å². The van der Waals surface area contributed by atoms with Crippen LogP contribution in [-0.4, -0.2) is 34.0 Å². The maximum Gasteiger partial charge on any atom is 0.429 e. The van der Waals surface area contributed by atoms with Crippen LogP contribution in [0.5, 0.6) is 11.5 Å². The maximum absolute atomic E-state index is 13.1. The number of carbonyl (C=O) groups is 1. The molecule has 10 heteroatoms. The standard InChI is InChI=1S/C19H23N3O6S/c1-19(2,3)28-18(23)22(20)14-6-5-7-15(10-14)29(24,25)21(4)13-8-9-16-17(11-13)27-12-26-16/h5-11H,12,20H2,1-4H3. The van der Waals surface area contributed by atoms with Crippen LogP contribution in [0.1, 0.15) is 20.8 Å². The number of hydrogen-bond acceptors (Lipinski definition) is 7. The fourth-order valence-corrected chi connectivity index (χ4v) is 3.82. The summed E-state index contributed by atoms with van der Waals surface area (Å²) in [7, 11) is -2.50. The number of ether oxygens (including phenoxy) is 3. The van der Waals surface area contributed by atoms with E-state index in [0.717, 1.165) is 9.31 Å². The van der Waals surface area contributed by atoms with Gasteiger partial charge in [0.2, 0.25) is 6.79 Å². The van der Waals surface area contributed by atoms with Crippen molar-refractivity contribution >= 4 is 27.5 Å². The average molecular weight is 421 g/mol. The SMILES string of the molecule is CN(c1ccc2c(c1)OCO2)S(=O)(=O)c1cccc(N(N)C(=O)OC(C)(C)C)c1. The average Bonchev–Trinajstić information content (AvgIpc) is 3.13. The summed E-state index contributed by atoms with van der Waals surface area (Å²) >= 11 is 0. The number of benzene rings is 2. The first-order chi connectivity index (χ1) is 13.5. The molecular weight excluding hydrogens is 398 g/mol. The smallest absolute Gasteiger partial charge is 0.429 e. The van der Waals surface area contributed by atoms with Crippen molar-refractivity contribution in [1.29, 1.82) is 0 Å². The topological polar surface area (TPSA) is 111 Å². The number of nitrogens with zero attached hydrogens (tertiary/aromatic N) is 2. The van der Waals surface area contributed by atoms with Gasteiger partial charge < -0.3 is 14.2 Å². The fraction of sp³-hybridized carbons (Fsp3) is 0.316. The lowest BCUT2D eigenvalue weighted by atomic mass is 10.2. The van der Waals surface area contributed by atoms with Gasteiger partial charge in [0.05, 0.1) is 16.3 Å². The molecule has 0 aliphatic carbocycles. The molecule has 29 heavy (non-hydrogen) atoms. The molecule has 0 spiro atoms. The van der Waals surface area contributed by atoms with E-state index in [1.165, 1.54) is 31.3 Å². The quantitative estimate of drug-likeness (QED) is 0.459. The van der Waals surface area contributed by atoms with Crippen molar-refractivity contribution in [3.63, 3.8) is 0 Å². The third kappa shape index (κ3) is 4.38. The molecule has 0 aromatic heterocycles. The third-order valence-electron chi connectivity index (χ3n) is 4.06. The van der Waals surface area contributed by atoms with Crippen LogP contribution >= 0.6 is 0 Å². The molecule has 2 aromatic carbocycles. The summed E-state index contributed by atoms with van der Waals surface area (Å²) < 4.78 is 43.1. The predicted molar refractivity (Wildman–Crippen MR) is 107 cm³/mol. The highest BCUT2D eigenvalue weighted by molar-refractivity contribution is 7.92. The number of hydrazine groups is 1. The highest BCUT2D eigenvalue weighted by atomic mass is 32.2. The van der Waals surface area contributed by atoms with Gasteiger partial charge in [-0.3, -0.25) is 4.31 Å². The van der Waals surface area contributed by atoms with E-state index in [2.05, 4.69) is 0 Å². The summed E-state index contributed by atoms with van der Waals surface area (Å²) in [6, 6.07) is 10.6. The monoisotopic (exact) mass is 421 g/mol. The number of anilines is 2. The molecule has 1 aliphatic heterocycles. The molecule has 0 saturated heterocycles. The normalized spacial score (nSPS) is 13.1. The van der Waals surface area contributed by atoms with Crippen LogP contribution in [0, 0.1) is 0 Å². The second-order valence-corrected chi connectivity index (χ2v) is 9.33. The van der Waals surface area contributed by atoms with Crippen molar-refractivity contribution in [3.8, 4) is 11.5 Å². The zero-order valence-electron chi connectivity index (χ0n) is 16.6. The molecule has 0 bridgehead atoms. The van der Waals surface area contributed by atoms with Gasteiger partial charge in [-0.05, 0) is 51.1 Å². The van der Waals surface area contributed by atoms with Crippen LogP contribution in [0.25, 0.3) is 0 Å². The van der Waals surface area contributed by atoms with Crippen LogP contribution < -0.4 is 24.6 Å². The number of sulfonamides is 1. The molecule has 0 fully saturated rings. The summed E-state index contributed by atoms with van der Waals surface area (Å²) in [4.78, 5) is 12.1. The number of amides is 1. The molecule has 0 atom stereocenters. The molecule has 0 radical (unpaired) electrons. The maximum atomic E-state index is 13.1. The second-order valence-electron chi connectivity index (χ2n) is 7.36. The van der Waals surface area contributed by atoms with Crippen molar-refractivity contribution in [2.45, 2.75) is 31.3 Å². The van der Waals surface area contributed by atoms with E-state index < -0.39 is 21.7 Å². The largest absolute Gasteiger partial charge is 0.454 e. The van der Waals surface area contributed by atoms with E-state index in [-0.39, 0.29) is 17.4 Å². The Bertz CT molecular complexity index is 1030. The van der Waals surface area contributed by atoms with Crippen molar-refractivity contribution in [1.82, 2.24) is 0 Å². The van der Waals surface area contributed by atoms with Gasteiger partial charge in [0, 0.05) is 13.1 Å². The molecule has 2 N–H and O–H groups in total. The van der Waals surface area contributed by atoms with Crippen LogP contribution in [0.15, 0.2) is 47.4 Å². The number of hydrogen-bond donors (Lipinski definition) is 1. The van der Waals surface area contributed by atoms with Gasteiger partial charge in [0.1, 0.15) is 5.60 Å². The summed E-state index contributed by atoms with van der Waals surface area (Å²) in [5.41, 5.74) is -0.159. The van der Waals surface area contributed by atoms with Crippen LogP contribution in [0.4, 0.5) is 16.2 Å². The Morgan fingerprint density at radius 2 is 1.76 bits per heavy atom. The van der Waals surface area contributed by atoms with E-state index in [0.29, 0.717) is 17.2 Å². The summed E-state index contributed by atoms with van der Waals surface area (Å²) in [5, 5.41) is 0.769. The Hall–Kier alpha value is -2.98. The molecule has 0 unspecified atom stereocenters.